The molecule has 8 heteroatoms. The summed E-state index contributed by atoms with van der Waals surface area (Å²) in [5.74, 6) is -1.43. The molecule has 1 saturated carbocycles. The van der Waals surface area contributed by atoms with E-state index in [9.17, 15) is 13.6 Å². The van der Waals surface area contributed by atoms with Crippen molar-refractivity contribution in [2.24, 2.45) is 5.92 Å². The van der Waals surface area contributed by atoms with Gasteiger partial charge in [0.25, 0.3) is 5.92 Å². The SMILES string of the molecule is COc1ccccc1NC(=O)N1CCC(N2CC(F)(F)C[C@H]2COCC2CC2)CC1. The van der Waals surface area contributed by atoms with Crippen molar-refractivity contribution in [1.29, 1.82) is 0 Å². The number of carbonyl (C=O) groups is 1. The Labute approximate surface area is 176 Å². The van der Waals surface area contributed by atoms with Gasteiger partial charge in [0, 0.05) is 38.2 Å². The van der Waals surface area contributed by atoms with E-state index in [-0.39, 0.29) is 31.1 Å². The van der Waals surface area contributed by atoms with Crippen molar-refractivity contribution in [3.8, 4) is 5.75 Å². The number of rotatable bonds is 7. The number of halogens is 2. The average molecular weight is 424 g/mol. The number of amides is 2. The molecule has 3 aliphatic rings. The number of piperidine rings is 1. The van der Waals surface area contributed by atoms with Gasteiger partial charge in [0.05, 0.1) is 25.9 Å². The second kappa shape index (κ2) is 9.06. The summed E-state index contributed by atoms with van der Waals surface area (Å²) in [6, 6.07) is 6.90. The molecule has 30 heavy (non-hydrogen) atoms. The molecule has 2 saturated heterocycles. The fourth-order valence-corrected chi connectivity index (χ4v) is 4.50. The molecule has 0 spiro atoms. The summed E-state index contributed by atoms with van der Waals surface area (Å²) in [5.41, 5.74) is 0.624. The monoisotopic (exact) mass is 423 g/mol. The predicted molar refractivity (Wildman–Crippen MR) is 110 cm³/mol. The molecule has 0 radical (unpaired) electrons. The summed E-state index contributed by atoms with van der Waals surface area (Å²) in [6.07, 6.45) is 3.63. The zero-order valence-electron chi connectivity index (χ0n) is 17.5. The van der Waals surface area contributed by atoms with Gasteiger partial charge in [-0.25, -0.2) is 13.6 Å². The van der Waals surface area contributed by atoms with Gasteiger partial charge in [-0.3, -0.25) is 4.90 Å². The third-order valence-corrected chi connectivity index (χ3v) is 6.35. The normalized spacial score (nSPS) is 24.8. The molecule has 1 aliphatic carbocycles. The first-order valence-corrected chi connectivity index (χ1v) is 10.9. The minimum atomic E-state index is -2.66. The lowest BCUT2D eigenvalue weighted by Crippen LogP contribution is -2.50. The number of para-hydroxylation sites is 2. The molecule has 1 aromatic carbocycles. The molecular weight excluding hydrogens is 392 g/mol. The van der Waals surface area contributed by atoms with Crippen LogP contribution in [-0.4, -0.2) is 73.8 Å². The fraction of sp³-hybridized carbons (Fsp3) is 0.682. The van der Waals surface area contributed by atoms with Gasteiger partial charge in [0.1, 0.15) is 5.75 Å². The highest BCUT2D eigenvalue weighted by molar-refractivity contribution is 5.91. The number of urea groups is 1. The van der Waals surface area contributed by atoms with Crippen LogP contribution in [0.4, 0.5) is 19.3 Å². The Kier molecular flexibility index (Phi) is 6.43. The molecule has 3 fully saturated rings. The van der Waals surface area contributed by atoms with Crippen LogP contribution < -0.4 is 10.1 Å². The predicted octanol–water partition coefficient (Wildman–Crippen LogP) is 3.83. The van der Waals surface area contributed by atoms with Gasteiger partial charge in [0.15, 0.2) is 0 Å². The van der Waals surface area contributed by atoms with Crippen molar-refractivity contribution in [2.45, 2.75) is 50.1 Å². The van der Waals surface area contributed by atoms with Crippen molar-refractivity contribution in [3.63, 3.8) is 0 Å². The van der Waals surface area contributed by atoms with Crippen molar-refractivity contribution in [1.82, 2.24) is 9.80 Å². The Balaban J connectivity index is 1.29. The van der Waals surface area contributed by atoms with Crippen LogP contribution >= 0.6 is 0 Å². The first-order valence-electron chi connectivity index (χ1n) is 10.9. The Morgan fingerprint density at radius 1 is 1.17 bits per heavy atom. The van der Waals surface area contributed by atoms with Gasteiger partial charge in [-0.15, -0.1) is 0 Å². The smallest absolute Gasteiger partial charge is 0.321 e. The van der Waals surface area contributed by atoms with E-state index in [0.717, 1.165) is 0 Å². The molecule has 0 bridgehead atoms. The number of hydrogen-bond acceptors (Lipinski definition) is 4. The zero-order chi connectivity index (χ0) is 21.1. The number of nitrogens with zero attached hydrogens (tertiary/aromatic N) is 2. The number of methoxy groups -OCH3 is 1. The van der Waals surface area contributed by atoms with E-state index < -0.39 is 5.92 Å². The van der Waals surface area contributed by atoms with Crippen LogP contribution in [0.3, 0.4) is 0 Å². The molecule has 0 aromatic heterocycles. The molecule has 2 heterocycles. The second-order valence-electron chi connectivity index (χ2n) is 8.72. The lowest BCUT2D eigenvalue weighted by molar-refractivity contribution is 0.00378. The van der Waals surface area contributed by atoms with Crippen LogP contribution in [0.1, 0.15) is 32.1 Å². The molecule has 0 unspecified atom stereocenters. The maximum atomic E-state index is 14.1. The van der Waals surface area contributed by atoms with E-state index in [2.05, 4.69) is 5.32 Å². The number of hydrogen-bond donors (Lipinski definition) is 1. The summed E-state index contributed by atoms with van der Waals surface area (Å²) < 4.78 is 39.3. The van der Waals surface area contributed by atoms with E-state index in [1.807, 2.05) is 17.0 Å². The number of nitrogens with one attached hydrogen (secondary N) is 1. The third kappa shape index (κ3) is 5.21. The van der Waals surface area contributed by atoms with E-state index in [4.69, 9.17) is 9.47 Å². The van der Waals surface area contributed by atoms with Crippen LogP contribution in [0, 0.1) is 5.92 Å². The number of alkyl halides is 2. The second-order valence-corrected chi connectivity index (χ2v) is 8.72. The van der Waals surface area contributed by atoms with Crippen molar-refractivity contribution in [3.05, 3.63) is 24.3 Å². The molecule has 1 atom stereocenters. The number of carbonyl (C=O) groups excluding carboxylic acids is 1. The average Bonchev–Trinajstić information content (AvgIpc) is 3.51. The first-order chi connectivity index (χ1) is 14.4. The van der Waals surface area contributed by atoms with Gasteiger partial charge < -0.3 is 19.7 Å². The van der Waals surface area contributed by atoms with Gasteiger partial charge in [-0.1, -0.05) is 12.1 Å². The van der Waals surface area contributed by atoms with Gasteiger partial charge >= 0.3 is 6.03 Å². The minimum Gasteiger partial charge on any atom is -0.495 e. The van der Waals surface area contributed by atoms with Gasteiger partial charge in [-0.2, -0.15) is 0 Å². The Morgan fingerprint density at radius 2 is 1.90 bits per heavy atom. The molecule has 2 amide bonds. The van der Waals surface area contributed by atoms with Crippen molar-refractivity contribution in [2.75, 3.05) is 45.3 Å². The minimum absolute atomic E-state index is 0.0585. The van der Waals surface area contributed by atoms with Crippen LogP contribution in [0.5, 0.6) is 5.75 Å². The number of anilines is 1. The summed E-state index contributed by atoms with van der Waals surface area (Å²) >= 11 is 0. The molecular formula is C22H31F2N3O3. The number of ether oxygens (including phenoxy) is 2. The molecule has 2 aliphatic heterocycles. The third-order valence-electron chi connectivity index (χ3n) is 6.35. The van der Waals surface area contributed by atoms with Crippen LogP contribution in [0.2, 0.25) is 0 Å². The molecule has 6 nitrogen and oxygen atoms in total. The largest absolute Gasteiger partial charge is 0.495 e. The van der Waals surface area contributed by atoms with Crippen LogP contribution in [-0.2, 0) is 4.74 Å². The summed E-state index contributed by atoms with van der Waals surface area (Å²) in [7, 11) is 1.56. The van der Waals surface area contributed by atoms with E-state index in [0.29, 0.717) is 56.5 Å². The van der Waals surface area contributed by atoms with E-state index >= 15 is 0 Å². The number of benzene rings is 1. The summed E-state index contributed by atoms with van der Waals surface area (Å²) in [5, 5.41) is 2.89. The highest BCUT2D eigenvalue weighted by Crippen LogP contribution is 2.36. The Bertz CT molecular complexity index is 736. The standard InChI is InChI=1S/C22H31F2N3O3/c1-29-20-5-3-2-4-19(20)25-21(28)26-10-8-17(9-11-26)27-15-22(23,24)12-18(27)14-30-13-16-6-7-16/h2-5,16-18H,6-15H2,1H3,(H,25,28)/t18-/m0/s1. The molecule has 4 rings (SSSR count). The maximum Gasteiger partial charge on any atom is 0.321 e. The van der Waals surface area contributed by atoms with Gasteiger partial charge in [0.2, 0.25) is 0 Å². The molecule has 1 N–H and O–H groups in total. The maximum absolute atomic E-state index is 14.1. The van der Waals surface area contributed by atoms with E-state index in [1.54, 1.807) is 24.1 Å². The van der Waals surface area contributed by atoms with Crippen LogP contribution in [0.15, 0.2) is 24.3 Å². The number of likely N-dealkylation sites (tertiary alicyclic amines) is 2. The first kappa shape index (κ1) is 21.3. The lowest BCUT2D eigenvalue weighted by Gasteiger charge is -2.39. The van der Waals surface area contributed by atoms with E-state index in [1.165, 1.54) is 12.8 Å². The summed E-state index contributed by atoms with van der Waals surface area (Å²) in [6.45, 7) is 1.95. The molecule has 1 aromatic rings. The van der Waals surface area contributed by atoms with Crippen molar-refractivity contribution >= 4 is 11.7 Å². The highest BCUT2D eigenvalue weighted by atomic mass is 19.3. The zero-order valence-corrected chi connectivity index (χ0v) is 17.5. The van der Waals surface area contributed by atoms with Crippen molar-refractivity contribution < 1.29 is 23.0 Å². The molecule has 166 valence electrons. The summed E-state index contributed by atoms with van der Waals surface area (Å²) in [4.78, 5) is 16.3. The highest BCUT2D eigenvalue weighted by Gasteiger charge is 2.47. The Morgan fingerprint density at radius 3 is 2.60 bits per heavy atom. The topological polar surface area (TPSA) is 54.0 Å². The lowest BCUT2D eigenvalue weighted by atomic mass is 10.0. The van der Waals surface area contributed by atoms with Gasteiger partial charge in [-0.05, 0) is 43.7 Å². The van der Waals surface area contributed by atoms with Crippen LogP contribution in [0.25, 0.3) is 0 Å². The Hall–Kier alpha value is -1.93. The quantitative estimate of drug-likeness (QED) is 0.724. The fourth-order valence-electron chi connectivity index (χ4n) is 4.50.